The molecule has 0 fully saturated rings. The van der Waals surface area contributed by atoms with Crippen LogP contribution in [0.5, 0.6) is 23.0 Å². The zero-order valence-corrected chi connectivity index (χ0v) is 25.3. The highest BCUT2D eigenvalue weighted by Crippen LogP contribution is 2.52. The van der Waals surface area contributed by atoms with Crippen LogP contribution in [0.2, 0.25) is 10.0 Å². The highest BCUT2D eigenvalue weighted by molar-refractivity contribution is 9.10. The Hall–Kier alpha value is -2.78. The first-order valence-corrected chi connectivity index (χ1v) is 14.6. The van der Waals surface area contributed by atoms with E-state index in [4.69, 9.17) is 42.1 Å². The predicted octanol–water partition coefficient (Wildman–Crippen LogP) is 8.03. The molecule has 0 aliphatic heterocycles. The molecule has 4 aromatic carbocycles. The highest BCUT2D eigenvalue weighted by Gasteiger charge is 2.28. The summed E-state index contributed by atoms with van der Waals surface area (Å²) in [4.78, 5) is 13.2. The zero-order valence-electron chi connectivity index (χ0n) is 21.4. The van der Waals surface area contributed by atoms with Gasteiger partial charge >= 0.3 is 5.97 Å². The largest absolute Gasteiger partial charge is 0.490 e. The third-order valence-corrected chi connectivity index (χ3v) is 8.41. The summed E-state index contributed by atoms with van der Waals surface area (Å²) in [7, 11) is 1.31. The van der Waals surface area contributed by atoms with Gasteiger partial charge in [0.2, 0.25) is 11.5 Å². The number of fused-ring (bicyclic) bond motifs is 1. The standard InChI is InChI=1S/C29H25BrCl2O6S/c1-17(33)38-27-25-22(7-4-8-24(25)39(34)21-13-10-19(30)11-14-21)26(28(35-2)29(27)36-3)37-15-5-6-18-9-12-20(31)16-23(18)32/h4,7-14,16H,5-6,15H2,1-3H3. The molecule has 0 aromatic heterocycles. The molecule has 4 aromatic rings. The van der Waals surface area contributed by atoms with E-state index in [0.29, 0.717) is 55.8 Å². The first-order chi connectivity index (χ1) is 18.7. The van der Waals surface area contributed by atoms with Crippen molar-refractivity contribution in [1.82, 2.24) is 0 Å². The maximum Gasteiger partial charge on any atom is 0.308 e. The SMILES string of the molecule is COc1c(OC)c(OC(C)=O)c2c(S(=O)c3ccc(Br)cc3)cccc2c1OCCCc1ccc(Cl)cc1Cl. The molecule has 0 aliphatic carbocycles. The van der Waals surface area contributed by atoms with E-state index < -0.39 is 16.8 Å². The van der Waals surface area contributed by atoms with Gasteiger partial charge in [0, 0.05) is 37.1 Å². The quantitative estimate of drug-likeness (QED) is 0.0982. The van der Waals surface area contributed by atoms with E-state index in [9.17, 15) is 9.00 Å². The third kappa shape index (κ3) is 6.52. The number of methoxy groups -OCH3 is 2. The number of benzene rings is 4. The van der Waals surface area contributed by atoms with E-state index in [2.05, 4.69) is 15.9 Å². The van der Waals surface area contributed by atoms with Crippen molar-refractivity contribution >= 4 is 66.7 Å². The molecule has 1 unspecified atom stereocenters. The van der Waals surface area contributed by atoms with Crippen molar-refractivity contribution in [2.45, 2.75) is 29.6 Å². The van der Waals surface area contributed by atoms with Crippen molar-refractivity contribution in [2.75, 3.05) is 20.8 Å². The van der Waals surface area contributed by atoms with Gasteiger partial charge in [-0.25, -0.2) is 4.21 Å². The molecule has 0 amide bonds. The van der Waals surface area contributed by atoms with Gasteiger partial charge in [-0.3, -0.25) is 4.79 Å². The number of rotatable bonds is 10. The van der Waals surface area contributed by atoms with Crippen LogP contribution in [0.1, 0.15) is 18.9 Å². The lowest BCUT2D eigenvalue weighted by Gasteiger charge is -2.21. The van der Waals surface area contributed by atoms with Crippen LogP contribution in [-0.4, -0.2) is 31.0 Å². The number of ether oxygens (including phenoxy) is 4. The summed E-state index contributed by atoms with van der Waals surface area (Å²) in [5.74, 6) is 0.360. The predicted molar refractivity (Wildman–Crippen MR) is 157 cm³/mol. The Morgan fingerprint density at radius 1 is 0.923 bits per heavy atom. The maximum atomic E-state index is 13.8. The summed E-state index contributed by atoms with van der Waals surface area (Å²) < 4.78 is 37.9. The molecular weight excluding hydrogens is 627 g/mol. The van der Waals surface area contributed by atoms with E-state index in [0.717, 1.165) is 10.0 Å². The Labute approximate surface area is 247 Å². The van der Waals surface area contributed by atoms with Gasteiger partial charge in [-0.05, 0) is 60.9 Å². The molecule has 10 heteroatoms. The molecule has 0 N–H and O–H groups in total. The van der Waals surface area contributed by atoms with E-state index in [1.54, 1.807) is 42.5 Å². The number of carbonyl (C=O) groups is 1. The Morgan fingerprint density at radius 3 is 2.26 bits per heavy atom. The molecule has 0 spiro atoms. The molecule has 1 atom stereocenters. The van der Waals surface area contributed by atoms with Gasteiger partial charge < -0.3 is 18.9 Å². The van der Waals surface area contributed by atoms with Gasteiger partial charge in [-0.2, -0.15) is 0 Å². The maximum absolute atomic E-state index is 13.8. The van der Waals surface area contributed by atoms with Crippen LogP contribution in [0.15, 0.2) is 74.9 Å². The van der Waals surface area contributed by atoms with E-state index >= 15 is 0 Å². The Balaban J connectivity index is 1.80. The lowest BCUT2D eigenvalue weighted by Crippen LogP contribution is -2.09. The average Bonchev–Trinajstić information content (AvgIpc) is 2.91. The van der Waals surface area contributed by atoms with Crippen molar-refractivity contribution in [1.29, 1.82) is 0 Å². The van der Waals surface area contributed by atoms with Crippen LogP contribution in [-0.2, 0) is 22.0 Å². The van der Waals surface area contributed by atoms with Gasteiger partial charge in [0.15, 0.2) is 11.5 Å². The minimum Gasteiger partial charge on any atom is -0.490 e. The number of esters is 1. The molecule has 0 radical (unpaired) electrons. The second-order valence-electron chi connectivity index (χ2n) is 8.41. The topological polar surface area (TPSA) is 71.1 Å². The fourth-order valence-corrected chi connectivity index (χ4v) is 6.15. The fraction of sp³-hybridized carbons (Fsp3) is 0.207. The normalized spacial score (nSPS) is 11.7. The van der Waals surface area contributed by atoms with Crippen molar-refractivity contribution in [3.05, 3.63) is 80.7 Å². The first kappa shape index (κ1) is 29.2. The van der Waals surface area contributed by atoms with Gasteiger partial charge in [0.1, 0.15) is 0 Å². The average molecular weight is 652 g/mol. The summed E-state index contributed by atoms with van der Waals surface area (Å²) in [5.41, 5.74) is 0.955. The Kier molecular flexibility index (Phi) is 9.77. The van der Waals surface area contributed by atoms with Gasteiger partial charge in [-0.1, -0.05) is 57.3 Å². The molecule has 4 rings (SSSR count). The van der Waals surface area contributed by atoms with Crippen LogP contribution in [0.4, 0.5) is 0 Å². The number of carbonyl (C=O) groups excluding carboxylic acids is 1. The third-order valence-electron chi connectivity index (χ3n) is 5.85. The molecule has 6 nitrogen and oxygen atoms in total. The summed E-state index contributed by atoms with van der Waals surface area (Å²) in [5, 5.41) is 2.17. The minimum absolute atomic E-state index is 0.109. The first-order valence-electron chi connectivity index (χ1n) is 11.9. The van der Waals surface area contributed by atoms with Gasteiger partial charge in [0.05, 0.1) is 36.5 Å². The minimum atomic E-state index is -1.61. The lowest BCUT2D eigenvalue weighted by atomic mass is 10.1. The second kappa shape index (κ2) is 13.0. The molecule has 0 bridgehead atoms. The highest BCUT2D eigenvalue weighted by atomic mass is 79.9. The van der Waals surface area contributed by atoms with E-state index in [1.807, 2.05) is 18.2 Å². The summed E-state index contributed by atoms with van der Waals surface area (Å²) in [6.45, 7) is 1.61. The number of halogens is 3. The molecule has 0 aliphatic rings. The smallest absolute Gasteiger partial charge is 0.308 e. The van der Waals surface area contributed by atoms with Crippen LogP contribution in [0, 0.1) is 0 Å². The molecule has 0 saturated carbocycles. The Morgan fingerprint density at radius 2 is 1.62 bits per heavy atom. The molecule has 39 heavy (non-hydrogen) atoms. The van der Waals surface area contributed by atoms with Crippen molar-refractivity contribution in [3.63, 3.8) is 0 Å². The number of hydrogen-bond acceptors (Lipinski definition) is 6. The Bertz CT molecular complexity index is 1540. The van der Waals surface area contributed by atoms with Gasteiger partial charge in [0.25, 0.3) is 0 Å². The van der Waals surface area contributed by atoms with Crippen LogP contribution < -0.4 is 18.9 Å². The van der Waals surface area contributed by atoms with Crippen molar-refractivity contribution in [3.8, 4) is 23.0 Å². The van der Waals surface area contributed by atoms with E-state index in [-0.39, 0.29) is 17.2 Å². The van der Waals surface area contributed by atoms with Crippen molar-refractivity contribution in [2.24, 2.45) is 0 Å². The number of hydrogen-bond donors (Lipinski definition) is 0. The summed E-state index contributed by atoms with van der Waals surface area (Å²) in [6, 6.07) is 17.9. The van der Waals surface area contributed by atoms with Crippen LogP contribution in [0.25, 0.3) is 10.8 Å². The molecular formula is C29H25BrCl2O6S. The fourth-order valence-electron chi connectivity index (χ4n) is 4.15. The van der Waals surface area contributed by atoms with Crippen LogP contribution >= 0.6 is 39.1 Å². The van der Waals surface area contributed by atoms with E-state index in [1.165, 1.54) is 21.1 Å². The lowest BCUT2D eigenvalue weighted by molar-refractivity contribution is -0.131. The zero-order chi connectivity index (χ0) is 28.1. The van der Waals surface area contributed by atoms with Crippen molar-refractivity contribution < 1.29 is 28.0 Å². The molecule has 0 saturated heterocycles. The summed E-state index contributed by atoms with van der Waals surface area (Å²) in [6.07, 6.45) is 1.31. The summed E-state index contributed by atoms with van der Waals surface area (Å²) >= 11 is 15.7. The second-order valence-corrected chi connectivity index (χ2v) is 11.6. The number of aryl methyl sites for hydroxylation is 1. The van der Waals surface area contributed by atoms with Crippen LogP contribution in [0.3, 0.4) is 0 Å². The molecule has 0 heterocycles. The van der Waals surface area contributed by atoms with Gasteiger partial charge in [-0.15, -0.1) is 0 Å². The monoisotopic (exact) mass is 650 g/mol. The molecule has 204 valence electrons.